The van der Waals surface area contributed by atoms with Crippen LogP contribution in [0.5, 0.6) is 0 Å². The van der Waals surface area contributed by atoms with Crippen molar-refractivity contribution in [2.45, 2.75) is 97.6 Å². The van der Waals surface area contributed by atoms with Gasteiger partial charge in [-0.3, -0.25) is 4.90 Å². The van der Waals surface area contributed by atoms with Gasteiger partial charge < -0.3 is 4.99 Å². The molecule has 0 N–H and O–H groups in total. The number of hydrogen-bond acceptors (Lipinski definition) is 2. The fraction of sp³-hybridized carbons (Fsp3) is 0.607. The first-order valence-corrected chi connectivity index (χ1v) is 12.6. The fourth-order valence-electron chi connectivity index (χ4n) is 3.10. The Morgan fingerprint density at radius 2 is 1.71 bits per heavy atom. The summed E-state index contributed by atoms with van der Waals surface area (Å²) in [7, 11) is 1.64. The molecular weight excluding hydrogens is 432 g/mol. The van der Waals surface area contributed by atoms with E-state index in [4.69, 9.17) is 0 Å². The number of unbranched alkanes of at least 4 members (excludes halogenated alkanes) is 1. The highest BCUT2D eigenvalue weighted by Crippen LogP contribution is 2.27. The average molecular weight is 481 g/mol. The van der Waals surface area contributed by atoms with Crippen molar-refractivity contribution in [1.82, 2.24) is 4.90 Å². The smallest absolute Gasteiger partial charge is 0.304 e. The number of hydrogen-bond donors (Lipinski definition) is 0. The molecule has 0 bridgehead atoms. The Labute approximate surface area is 208 Å². The molecule has 194 valence electrons. The number of rotatable bonds is 10. The summed E-state index contributed by atoms with van der Waals surface area (Å²) in [6.07, 6.45) is 5.36. The highest BCUT2D eigenvalue weighted by Gasteiger charge is 2.28. The van der Waals surface area contributed by atoms with Crippen LogP contribution in [0.4, 0.5) is 13.2 Å². The summed E-state index contributed by atoms with van der Waals surface area (Å²) in [6, 6.07) is 7.56. The van der Waals surface area contributed by atoms with Gasteiger partial charge in [0.2, 0.25) is 0 Å². The van der Waals surface area contributed by atoms with Crippen LogP contribution in [0.1, 0.15) is 70.4 Å². The van der Waals surface area contributed by atoms with Gasteiger partial charge in [0.15, 0.2) is 6.71 Å². The summed E-state index contributed by atoms with van der Waals surface area (Å²) in [5.41, 5.74) is 1.35. The minimum atomic E-state index is -4.13. The maximum absolute atomic E-state index is 12.4. The van der Waals surface area contributed by atoms with Crippen LogP contribution in [-0.4, -0.2) is 44.1 Å². The molecule has 2 nitrogen and oxygen atoms in total. The third-order valence-corrected chi connectivity index (χ3v) is 5.42. The molecule has 0 aromatic heterocycles. The highest BCUT2D eigenvalue weighted by molar-refractivity contribution is 6.62. The minimum absolute atomic E-state index is 0.361. The second-order valence-corrected chi connectivity index (χ2v) is 8.68. The van der Waals surface area contributed by atoms with Crippen LogP contribution in [-0.2, 0) is 13.0 Å². The van der Waals surface area contributed by atoms with Gasteiger partial charge in [0.25, 0.3) is 0 Å². The van der Waals surface area contributed by atoms with E-state index in [1.807, 2.05) is 18.1 Å². The molecule has 0 aliphatic heterocycles. The van der Waals surface area contributed by atoms with E-state index in [1.165, 1.54) is 32.0 Å². The van der Waals surface area contributed by atoms with Crippen LogP contribution < -0.4 is 0 Å². The van der Waals surface area contributed by atoms with Crippen LogP contribution in [0.3, 0.4) is 0 Å². The molecule has 0 amide bonds. The second kappa shape index (κ2) is 21.7. The fourth-order valence-corrected chi connectivity index (χ4v) is 3.10. The number of benzene rings is 1. The minimum Gasteiger partial charge on any atom is -0.304 e. The first kappa shape index (κ1) is 34.4. The average Bonchev–Trinajstić information content (AvgIpc) is 2.73. The third kappa shape index (κ3) is 19.6. The summed E-state index contributed by atoms with van der Waals surface area (Å²) in [6.45, 7) is 21.4. The van der Waals surface area contributed by atoms with Gasteiger partial charge in [-0.25, -0.2) is 0 Å². The molecule has 34 heavy (non-hydrogen) atoms. The van der Waals surface area contributed by atoms with Gasteiger partial charge in [-0.05, 0) is 50.1 Å². The largest absolute Gasteiger partial charge is 0.393 e. The van der Waals surface area contributed by atoms with Crippen molar-refractivity contribution in [3.05, 3.63) is 60.6 Å². The number of allylic oxidation sites excluding steroid dienone is 1. The summed E-state index contributed by atoms with van der Waals surface area (Å²) in [5.74, 6) is 1.97. The van der Waals surface area contributed by atoms with Crippen molar-refractivity contribution in [3.8, 4) is 0 Å². The van der Waals surface area contributed by atoms with Gasteiger partial charge in [0.1, 0.15) is 0 Å². The molecule has 1 aromatic rings. The Morgan fingerprint density at radius 1 is 1.12 bits per heavy atom. The standard InChI is InChI=1S/C16H22F3N.C5H11B.C5H10.C2H5N/c1-2-9-20(15-7-4-8-15)12-14-6-3-5-13(10-14)11-16(17,18)19;1-4-6(3)5-2;1-3-5-4-2;1-3-2/h3,5-6,10,15H,2,4,7-9,11-12H2,1H3;4H,1,5H2,2-3H3;3H,1,4-5H2,2H3;1H2,2H3. The van der Waals surface area contributed by atoms with E-state index in [0.717, 1.165) is 31.5 Å². The van der Waals surface area contributed by atoms with E-state index in [0.29, 0.717) is 18.3 Å². The molecule has 1 aliphatic carbocycles. The molecule has 1 aromatic carbocycles. The predicted octanol–water partition coefficient (Wildman–Crippen LogP) is 8.70. The Kier molecular flexibility index (Phi) is 21.9. The quantitative estimate of drug-likeness (QED) is 0.186. The Hall–Kier alpha value is -1.82. The van der Waals surface area contributed by atoms with Crippen molar-refractivity contribution < 1.29 is 13.2 Å². The zero-order chi connectivity index (χ0) is 26.4. The van der Waals surface area contributed by atoms with E-state index in [9.17, 15) is 13.2 Å². The third-order valence-electron chi connectivity index (χ3n) is 5.42. The molecule has 0 radical (unpaired) electrons. The molecule has 0 heterocycles. The molecule has 6 heteroatoms. The summed E-state index contributed by atoms with van der Waals surface area (Å²) in [5, 5.41) is 0. The number of halogens is 3. The zero-order valence-corrected chi connectivity index (χ0v) is 22.3. The lowest BCUT2D eigenvalue weighted by molar-refractivity contribution is -0.127. The molecule has 0 atom stereocenters. The van der Waals surface area contributed by atoms with Crippen LogP contribution in [0.15, 0.2) is 54.5 Å². The molecule has 1 saturated carbocycles. The lowest BCUT2D eigenvalue weighted by atomic mass is 9.51. The van der Waals surface area contributed by atoms with E-state index in [2.05, 4.69) is 57.4 Å². The van der Waals surface area contributed by atoms with Crippen LogP contribution in [0.2, 0.25) is 13.1 Å². The van der Waals surface area contributed by atoms with Gasteiger partial charge in [-0.15, -0.1) is 19.1 Å². The van der Waals surface area contributed by atoms with Crippen molar-refractivity contribution in [2.75, 3.05) is 13.6 Å². The van der Waals surface area contributed by atoms with E-state index < -0.39 is 12.6 Å². The monoisotopic (exact) mass is 480 g/mol. The van der Waals surface area contributed by atoms with E-state index in [1.54, 1.807) is 25.2 Å². The first-order valence-electron chi connectivity index (χ1n) is 12.6. The Balaban J connectivity index is 0. The normalized spacial score (nSPS) is 12.5. The van der Waals surface area contributed by atoms with Gasteiger partial charge >= 0.3 is 6.18 Å². The predicted molar refractivity (Wildman–Crippen MR) is 147 cm³/mol. The maximum Gasteiger partial charge on any atom is 0.393 e. The molecule has 2 rings (SSSR count). The molecule has 1 fully saturated rings. The zero-order valence-electron chi connectivity index (χ0n) is 22.3. The molecular formula is C28H48BF3N2. The van der Waals surface area contributed by atoms with Crippen LogP contribution >= 0.6 is 0 Å². The van der Waals surface area contributed by atoms with E-state index >= 15 is 0 Å². The van der Waals surface area contributed by atoms with Crippen molar-refractivity contribution in [2.24, 2.45) is 4.99 Å². The molecule has 0 saturated heterocycles. The summed E-state index contributed by atoms with van der Waals surface area (Å²) in [4.78, 5) is 5.66. The number of nitrogens with zero attached hydrogens (tertiary/aromatic N) is 2. The Morgan fingerprint density at radius 3 is 2.03 bits per heavy atom. The number of alkyl halides is 3. The lowest BCUT2D eigenvalue weighted by Crippen LogP contribution is -2.40. The van der Waals surface area contributed by atoms with E-state index in [-0.39, 0.29) is 0 Å². The van der Waals surface area contributed by atoms with Gasteiger partial charge in [0, 0.05) is 19.6 Å². The van der Waals surface area contributed by atoms with Crippen LogP contribution in [0.25, 0.3) is 0 Å². The maximum atomic E-state index is 12.4. The highest BCUT2D eigenvalue weighted by atomic mass is 19.4. The first-order chi connectivity index (χ1) is 16.1. The number of aliphatic imine (C=N–C) groups is 1. The summed E-state index contributed by atoms with van der Waals surface area (Å²) >= 11 is 0. The topological polar surface area (TPSA) is 15.6 Å². The summed E-state index contributed by atoms with van der Waals surface area (Å²) < 4.78 is 37.3. The van der Waals surface area contributed by atoms with Gasteiger partial charge in [-0.2, -0.15) is 13.2 Å². The second-order valence-electron chi connectivity index (χ2n) is 8.68. The van der Waals surface area contributed by atoms with Crippen molar-refractivity contribution >= 4 is 13.4 Å². The molecule has 0 unspecified atom stereocenters. The molecule has 1 aliphatic rings. The van der Waals surface area contributed by atoms with Crippen molar-refractivity contribution in [1.29, 1.82) is 0 Å². The van der Waals surface area contributed by atoms with Crippen LogP contribution in [0, 0.1) is 0 Å². The van der Waals surface area contributed by atoms with Gasteiger partial charge in [0.05, 0.1) is 6.42 Å². The lowest BCUT2D eigenvalue weighted by Gasteiger charge is -2.37. The van der Waals surface area contributed by atoms with Crippen molar-refractivity contribution in [3.63, 3.8) is 0 Å². The molecule has 0 spiro atoms. The Bertz CT molecular complexity index is 643. The SMILES string of the molecule is C=CB(C)CC.C=CCCC.C=NC.CCCN(Cc1cccc(CC(F)(F)F)c1)C1CCC1. The van der Waals surface area contributed by atoms with Gasteiger partial charge in [-0.1, -0.05) is 77.1 Å².